The fourth-order valence-corrected chi connectivity index (χ4v) is 2.87. The number of esters is 2. The highest BCUT2D eigenvalue weighted by atomic mass is 16.7. The summed E-state index contributed by atoms with van der Waals surface area (Å²) in [6.07, 6.45) is -0.228. The fraction of sp³-hybridized carbons (Fsp3) is 0.565. The van der Waals surface area contributed by atoms with E-state index in [0.717, 1.165) is 6.42 Å². The Balaban J connectivity index is 3.08. The summed E-state index contributed by atoms with van der Waals surface area (Å²) in [6.45, 7) is 5.24. The second kappa shape index (κ2) is 14.7. The van der Waals surface area contributed by atoms with Gasteiger partial charge in [-0.15, -0.1) is 0 Å². The molecule has 0 spiro atoms. The highest BCUT2D eigenvalue weighted by Gasteiger charge is 2.36. The van der Waals surface area contributed by atoms with Crippen LogP contribution in [0.5, 0.6) is 11.5 Å². The van der Waals surface area contributed by atoms with E-state index in [-0.39, 0.29) is 56.6 Å². The van der Waals surface area contributed by atoms with E-state index in [4.69, 9.17) is 34.2 Å². The van der Waals surface area contributed by atoms with E-state index in [2.05, 4.69) is 0 Å². The van der Waals surface area contributed by atoms with Crippen molar-refractivity contribution in [2.24, 2.45) is 5.73 Å². The molecule has 34 heavy (non-hydrogen) atoms. The topological polar surface area (TPSA) is 150 Å². The Bertz CT molecular complexity index is 841. The highest BCUT2D eigenvalue weighted by molar-refractivity contribution is 5.81. The van der Waals surface area contributed by atoms with E-state index >= 15 is 0 Å². The van der Waals surface area contributed by atoms with Crippen LogP contribution in [0.1, 0.15) is 52.0 Å². The Morgan fingerprint density at radius 1 is 0.912 bits per heavy atom. The lowest BCUT2D eigenvalue weighted by atomic mass is 9.88. The van der Waals surface area contributed by atoms with Crippen molar-refractivity contribution in [3.63, 3.8) is 0 Å². The van der Waals surface area contributed by atoms with Crippen molar-refractivity contribution < 1.29 is 47.6 Å². The highest BCUT2D eigenvalue weighted by Crippen LogP contribution is 2.31. The predicted octanol–water partition coefficient (Wildman–Crippen LogP) is 3.29. The van der Waals surface area contributed by atoms with Crippen LogP contribution in [-0.2, 0) is 35.0 Å². The molecule has 0 heterocycles. The quantitative estimate of drug-likeness (QED) is 0.250. The Hall–Kier alpha value is -3.34. The number of methoxy groups -OCH3 is 1. The Morgan fingerprint density at radius 2 is 1.53 bits per heavy atom. The molecule has 0 radical (unpaired) electrons. The van der Waals surface area contributed by atoms with Gasteiger partial charge in [0.1, 0.15) is 5.54 Å². The predicted molar refractivity (Wildman–Crippen MR) is 119 cm³/mol. The standard InChI is InChI=1S/C23H33NO10/c1-5-8-9-19(25)32-13-12-23(24,20(26)29-4)15-16-10-11-17(33-21(27)30-6-2)18(14-16)34-22(28)31-7-3/h10-11,14H,5-9,12-13,15,24H2,1-4H3/t23-/m1/s1. The average Bonchev–Trinajstić information content (AvgIpc) is 2.79. The van der Waals surface area contributed by atoms with Crippen LogP contribution in [-0.4, -0.2) is 56.7 Å². The van der Waals surface area contributed by atoms with Crippen molar-refractivity contribution in [1.29, 1.82) is 0 Å². The summed E-state index contributed by atoms with van der Waals surface area (Å²) >= 11 is 0. The minimum absolute atomic E-state index is 0.00726. The van der Waals surface area contributed by atoms with Gasteiger partial charge >= 0.3 is 24.2 Å². The molecule has 0 aliphatic carbocycles. The lowest BCUT2D eigenvalue weighted by molar-refractivity contribution is -0.151. The summed E-state index contributed by atoms with van der Waals surface area (Å²) in [4.78, 5) is 47.8. The molecule has 2 N–H and O–H groups in total. The zero-order valence-electron chi connectivity index (χ0n) is 20.0. The molecule has 190 valence electrons. The van der Waals surface area contributed by atoms with Crippen LogP contribution in [0.2, 0.25) is 0 Å². The first-order chi connectivity index (χ1) is 16.2. The molecule has 1 atom stereocenters. The smallest absolute Gasteiger partial charge is 0.468 e. The Labute approximate surface area is 198 Å². The van der Waals surface area contributed by atoms with Gasteiger partial charge in [-0.1, -0.05) is 19.4 Å². The fourth-order valence-electron chi connectivity index (χ4n) is 2.87. The van der Waals surface area contributed by atoms with Crippen LogP contribution in [0.15, 0.2) is 18.2 Å². The van der Waals surface area contributed by atoms with Gasteiger partial charge in [0, 0.05) is 19.3 Å². The first kappa shape index (κ1) is 28.7. The third kappa shape index (κ3) is 9.65. The molecule has 0 aromatic heterocycles. The summed E-state index contributed by atoms with van der Waals surface area (Å²) in [7, 11) is 1.20. The van der Waals surface area contributed by atoms with E-state index in [1.165, 1.54) is 25.3 Å². The zero-order valence-corrected chi connectivity index (χ0v) is 20.0. The van der Waals surface area contributed by atoms with Gasteiger partial charge in [-0.25, -0.2) is 9.59 Å². The molecular weight excluding hydrogens is 450 g/mol. The molecule has 0 aliphatic heterocycles. The number of nitrogens with two attached hydrogens (primary N) is 1. The second-order valence-corrected chi connectivity index (χ2v) is 7.25. The van der Waals surface area contributed by atoms with Gasteiger partial charge in [0.15, 0.2) is 11.5 Å². The maximum Gasteiger partial charge on any atom is 0.513 e. The van der Waals surface area contributed by atoms with Crippen molar-refractivity contribution >= 4 is 24.2 Å². The lowest BCUT2D eigenvalue weighted by Crippen LogP contribution is -2.51. The Morgan fingerprint density at radius 3 is 2.09 bits per heavy atom. The number of hydrogen-bond donors (Lipinski definition) is 1. The van der Waals surface area contributed by atoms with Crippen molar-refractivity contribution in [2.75, 3.05) is 26.9 Å². The number of carbonyl (C=O) groups excluding carboxylic acids is 4. The molecule has 0 bridgehead atoms. The molecule has 1 aromatic carbocycles. The van der Waals surface area contributed by atoms with Crippen LogP contribution in [0.25, 0.3) is 0 Å². The second-order valence-electron chi connectivity index (χ2n) is 7.25. The molecule has 0 fully saturated rings. The van der Waals surface area contributed by atoms with E-state index in [1.807, 2.05) is 6.92 Å². The van der Waals surface area contributed by atoms with Crippen LogP contribution in [0.4, 0.5) is 9.59 Å². The minimum Gasteiger partial charge on any atom is -0.468 e. The van der Waals surface area contributed by atoms with Crippen molar-refractivity contribution in [2.45, 2.75) is 58.4 Å². The van der Waals surface area contributed by atoms with Crippen molar-refractivity contribution in [1.82, 2.24) is 0 Å². The van der Waals surface area contributed by atoms with Crippen molar-refractivity contribution in [3.8, 4) is 11.5 Å². The van der Waals surface area contributed by atoms with E-state index < -0.39 is 23.8 Å². The van der Waals surface area contributed by atoms with Gasteiger partial charge in [0.2, 0.25) is 0 Å². The Kier molecular flexibility index (Phi) is 12.4. The lowest BCUT2D eigenvalue weighted by Gasteiger charge is -2.26. The monoisotopic (exact) mass is 483 g/mol. The molecular formula is C23H33NO10. The normalized spacial score (nSPS) is 12.1. The molecule has 11 heteroatoms. The summed E-state index contributed by atoms with van der Waals surface area (Å²) < 4.78 is 29.7. The van der Waals surface area contributed by atoms with Crippen molar-refractivity contribution in [3.05, 3.63) is 23.8 Å². The van der Waals surface area contributed by atoms with Crippen LogP contribution < -0.4 is 15.2 Å². The number of benzene rings is 1. The maximum atomic E-state index is 12.4. The number of ether oxygens (including phenoxy) is 6. The van der Waals surface area contributed by atoms with Crippen LogP contribution in [0.3, 0.4) is 0 Å². The first-order valence-corrected chi connectivity index (χ1v) is 11.0. The summed E-state index contributed by atoms with van der Waals surface area (Å²) in [5, 5.41) is 0. The van der Waals surface area contributed by atoms with Crippen LogP contribution >= 0.6 is 0 Å². The van der Waals surface area contributed by atoms with Gasteiger partial charge in [-0.3, -0.25) is 9.59 Å². The van der Waals surface area contributed by atoms with E-state index in [9.17, 15) is 19.2 Å². The third-order valence-corrected chi connectivity index (χ3v) is 4.58. The number of hydrogen-bond acceptors (Lipinski definition) is 11. The van der Waals surface area contributed by atoms with Gasteiger partial charge < -0.3 is 34.2 Å². The molecule has 1 rings (SSSR count). The third-order valence-electron chi connectivity index (χ3n) is 4.58. The van der Waals surface area contributed by atoms with Gasteiger partial charge in [0.05, 0.1) is 26.9 Å². The summed E-state index contributed by atoms with van der Waals surface area (Å²) in [6, 6.07) is 4.27. The van der Waals surface area contributed by atoms with E-state index in [1.54, 1.807) is 13.8 Å². The SMILES string of the molecule is CCCCC(=O)OCC[C@@](N)(Cc1ccc(OC(=O)OCC)c(OC(=O)OCC)c1)C(=O)OC. The minimum atomic E-state index is -1.54. The van der Waals surface area contributed by atoms with Gasteiger partial charge in [-0.2, -0.15) is 0 Å². The van der Waals surface area contributed by atoms with E-state index in [0.29, 0.717) is 12.0 Å². The van der Waals surface area contributed by atoms with Gasteiger partial charge in [0.25, 0.3) is 0 Å². The average molecular weight is 484 g/mol. The number of unbranched alkanes of at least 4 members (excludes halogenated alkanes) is 1. The molecule has 11 nitrogen and oxygen atoms in total. The zero-order chi connectivity index (χ0) is 25.6. The molecule has 0 aliphatic rings. The molecule has 1 aromatic rings. The molecule has 0 saturated carbocycles. The maximum absolute atomic E-state index is 12.4. The molecule has 0 amide bonds. The van der Waals surface area contributed by atoms with Gasteiger partial charge in [-0.05, 0) is 38.0 Å². The summed E-state index contributed by atoms with van der Waals surface area (Å²) in [5.41, 5.74) is 5.25. The first-order valence-electron chi connectivity index (χ1n) is 11.0. The largest absolute Gasteiger partial charge is 0.513 e. The molecule has 0 unspecified atom stereocenters. The number of carbonyl (C=O) groups is 4. The molecule has 0 saturated heterocycles. The number of rotatable bonds is 13. The summed E-state index contributed by atoms with van der Waals surface area (Å²) in [5.74, 6) is -1.32. The van der Waals surface area contributed by atoms with Crippen LogP contribution in [0, 0.1) is 0 Å².